The maximum absolute atomic E-state index is 13.6. The molecule has 2 aromatic carbocycles. The number of benzene rings is 2. The lowest BCUT2D eigenvalue weighted by molar-refractivity contribution is 0.0992. The predicted molar refractivity (Wildman–Crippen MR) is 72.6 cm³/mol. The number of Topliss-reactive ketones (excluding diaryl/α,β-unsaturated/α-hetero) is 1. The molecule has 0 spiro atoms. The van der Waals surface area contributed by atoms with Gasteiger partial charge in [0.05, 0.1) is 0 Å². The van der Waals surface area contributed by atoms with Crippen LogP contribution in [0.4, 0.5) is 13.2 Å². The predicted octanol–water partition coefficient (Wildman–Crippen LogP) is 4.01. The number of fused-ring (bicyclic) bond motifs is 1. The molecule has 106 valence electrons. The summed E-state index contributed by atoms with van der Waals surface area (Å²) in [4.78, 5) is 15.0. The second kappa shape index (κ2) is 5.09. The van der Waals surface area contributed by atoms with E-state index >= 15 is 0 Å². The fraction of sp³-hybridized carbons (Fsp3) is 0.0625. The molecule has 0 atom stereocenters. The van der Waals surface area contributed by atoms with Crippen LogP contribution in [0.3, 0.4) is 0 Å². The summed E-state index contributed by atoms with van der Waals surface area (Å²) in [7, 11) is 0. The highest BCUT2D eigenvalue weighted by Gasteiger charge is 2.17. The second-order valence-electron chi connectivity index (χ2n) is 4.69. The lowest BCUT2D eigenvalue weighted by atomic mass is 10.0. The lowest BCUT2D eigenvalue weighted by Crippen LogP contribution is -2.06. The van der Waals surface area contributed by atoms with Crippen molar-refractivity contribution in [2.75, 3.05) is 0 Å². The largest absolute Gasteiger partial charge is 0.360 e. The summed E-state index contributed by atoms with van der Waals surface area (Å²) in [5.41, 5.74) is 0.485. The summed E-state index contributed by atoms with van der Waals surface area (Å²) in [6.07, 6.45) is 1.04. The Balaban J connectivity index is 1.98. The number of hydrogen-bond donors (Lipinski definition) is 1. The smallest absolute Gasteiger partial charge is 0.169 e. The van der Waals surface area contributed by atoms with Crippen LogP contribution in [0.2, 0.25) is 0 Å². The van der Waals surface area contributed by atoms with E-state index in [4.69, 9.17) is 0 Å². The quantitative estimate of drug-likeness (QED) is 0.726. The van der Waals surface area contributed by atoms with Gasteiger partial charge in [-0.15, -0.1) is 0 Å². The van der Waals surface area contributed by atoms with Gasteiger partial charge in [0, 0.05) is 34.6 Å². The molecule has 0 saturated heterocycles. The molecule has 0 unspecified atom stereocenters. The summed E-state index contributed by atoms with van der Waals surface area (Å²) >= 11 is 0. The standard InChI is InChI=1S/C16H10F3NO/c17-9-4-5-10-12(8-20-15(10)6-9)16(21)7-11-13(18)2-1-3-14(11)19/h1-6,8,20H,7H2. The molecule has 1 N–H and O–H groups in total. The van der Waals surface area contributed by atoms with Crippen molar-refractivity contribution in [3.05, 3.63) is 71.2 Å². The fourth-order valence-corrected chi connectivity index (χ4v) is 2.29. The van der Waals surface area contributed by atoms with E-state index in [0.29, 0.717) is 10.9 Å². The van der Waals surface area contributed by atoms with Crippen LogP contribution in [0, 0.1) is 17.5 Å². The summed E-state index contributed by atoms with van der Waals surface area (Å²) in [6.45, 7) is 0. The van der Waals surface area contributed by atoms with Crippen molar-refractivity contribution in [1.29, 1.82) is 0 Å². The summed E-state index contributed by atoms with van der Waals surface area (Å²) < 4.78 is 40.2. The van der Waals surface area contributed by atoms with E-state index in [9.17, 15) is 18.0 Å². The Labute approximate surface area is 118 Å². The Kier molecular flexibility index (Phi) is 3.25. The van der Waals surface area contributed by atoms with E-state index < -0.39 is 23.2 Å². The molecule has 1 aromatic heterocycles. The van der Waals surface area contributed by atoms with E-state index in [2.05, 4.69) is 4.98 Å². The molecule has 0 bridgehead atoms. The first kappa shape index (κ1) is 13.4. The van der Waals surface area contributed by atoms with E-state index in [1.54, 1.807) is 0 Å². The van der Waals surface area contributed by atoms with Crippen LogP contribution >= 0.6 is 0 Å². The summed E-state index contributed by atoms with van der Waals surface area (Å²) in [6, 6.07) is 7.41. The van der Waals surface area contributed by atoms with Crippen LogP contribution in [0.1, 0.15) is 15.9 Å². The van der Waals surface area contributed by atoms with Crippen LogP contribution in [-0.2, 0) is 6.42 Å². The maximum atomic E-state index is 13.6. The van der Waals surface area contributed by atoms with Crippen LogP contribution in [0.15, 0.2) is 42.6 Å². The Morgan fingerprint density at radius 1 is 1.05 bits per heavy atom. The van der Waals surface area contributed by atoms with E-state index in [-0.39, 0.29) is 17.5 Å². The van der Waals surface area contributed by atoms with E-state index in [0.717, 1.165) is 12.1 Å². The molecule has 21 heavy (non-hydrogen) atoms. The van der Waals surface area contributed by atoms with Crippen molar-refractivity contribution >= 4 is 16.7 Å². The zero-order valence-electron chi connectivity index (χ0n) is 10.8. The second-order valence-corrected chi connectivity index (χ2v) is 4.69. The number of halogens is 3. The zero-order chi connectivity index (χ0) is 15.0. The number of rotatable bonds is 3. The van der Waals surface area contributed by atoms with Crippen molar-refractivity contribution in [3.8, 4) is 0 Å². The topological polar surface area (TPSA) is 32.9 Å². The molecule has 0 amide bonds. The van der Waals surface area contributed by atoms with Gasteiger partial charge in [-0.05, 0) is 30.3 Å². The normalized spacial score (nSPS) is 11.0. The summed E-state index contributed by atoms with van der Waals surface area (Å²) in [5.74, 6) is -2.37. The van der Waals surface area contributed by atoms with Crippen LogP contribution in [0.25, 0.3) is 10.9 Å². The SMILES string of the molecule is O=C(Cc1c(F)cccc1F)c1c[nH]c2cc(F)ccc12. The zero-order valence-corrected chi connectivity index (χ0v) is 10.8. The highest BCUT2D eigenvalue weighted by molar-refractivity contribution is 6.08. The van der Waals surface area contributed by atoms with Crippen LogP contribution in [0.5, 0.6) is 0 Å². The highest BCUT2D eigenvalue weighted by Crippen LogP contribution is 2.22. The number of aromatic amines is 1. The van der Waals surface area contributed by atoms with Gasteiger partial charge in [-0.1, -0.05) is 6.07 Å². The molecule has 0 aliphatic heterocycles. The number of ketones is 1. The fourth-order valence-electron chi connectivity index (χ4n) is 2.29. The molecular weight excluding hydrogens is 279 g/mol. The number of aromatic nitrogens is 1. The van der Waals surface area contributed by atoms with Crippen molar-refractivity contribution in [2.24, 2.45) is 0 Å². The Hall–Kier alpha value is -2.56. The number of hydrogen-bond acceptors (Lipinski definition) is 1. The molecule has 2 nitrogen and oxygen atoms in total. The third kappa shape index (κ3) is 2.42. The van der Waals surface area contributed by atoms with Gasteiger partial charge in [-0.25, -0.2) is 13.2 Å². The van der Waals surface area contributed by atoms with Gasteiger partial charge in [-0.3, -0.25) is 4.79 Å². The number of carbonyl (C=O) groups excluding carboxylic acids is 1. The number of H-pyrrole nitrogens is 1. The van der Waals surface area contributed by atoms with Crippen LogP contribution < -0.4 is 0 Å². The molecule has 0 aliphatic rings. The Bertz CT molecular complexity index is 818. The molecule has 3 rings (SSSR count). The van der Waals surface area contributed by atoms with Crippen molar-refractivity contribution < 1.29 is 18.0 Å². The Morgan fingerprint density at radius 3 is 2.48 bits per heavy atom. The molecule has 1 heterocycles. The molecular formula is C16H10F3NO. The molecule has 0 fully saturated rings. The van der Waals surface area contributed by atoms with Gasteiger partial charge >= 0.3 is 0 Å². The van der Waals surface area contributed by atoms with Gasteiger partial charge in [0.2, 0.25) is 0 Å². The van der Waals surface area contributed by atoms with Crippen molar-refractivity contribution in [3.63, 3.8) is 0 Å². The summed E-state index contributed by atoms with van der Waals surface area (Å²) in [5, 5.41) is 0.526. The minimum absolute atomic E-state index is 0.265. The molecule has 0 saturated carbocycles. The molecule has 0 radical (unpaired) electrons. The average Bonchev–Trinajstić information content (AvgIpc) is 2.85. The average molecular weight is 289 g/mol. The Morgan fingerprint density at radius 2 is 1.76 bits per heavy atom. The van der Waals surface area contributed by atoms with Gasteiger partial charge < -0.3 is 4.98 Å². The van der Waals surface area contributed by atoms with Gasteiger partial charge in [-0.2, -0.15) is 0 Å². The van der Waals surface area contributed by atoms with Crippen LogP contribution in [-0.4, -0.2) is 10.8 Å². The van der Waals surface area contributed by atoms with Crippen molar-refractivity contribution in [2.45, 2.75) is 6.42 Å². The minimum atomic E-state index is -0.755. The van der Waals surface area contributed by atoms with Gasteiger partial charge in [0.1, 0.15) is 17.5 Å². The first-order chi connectivity index (χ1) is 10.1. The molecule has 3 aromatic rings. The van der Waals surface area contributed by atoms with E-state index in [1.807, 2.05) is 0 Å². The van der Waals surface area contributed by atoms with E-state index in [1.165, 1.54) is 30.5 Å². The lowest BCUT2D eigenvalue weighted by Gasteiger charge is -2.04. The first-order valence-electron chi connectivity index (χ1n) is 6.29. The molecule has 5 heteroatoms. The third-order valence-corrected chi connectivity index (χ3v) is 3.34. The third-order valence-electron chi connectivity index (χ3n) is 3.34. The molecule has 0 aliphatic carbocycles. The minimum Gasteiger partial charge on any atom is -0.360 e. The first-order valence-corrected chi connectivity index (χ1v) is 6.29. The maximum Gasteiger partial charge on any atom is 0.169 e. The highest BCUT2D eigenvalue weighted by atomic mass is 19.1. The number of nitrogens with one attached hydrogen (secondary N) is 1. The number of carbonyl (C=O) groups is 1. The van der Waals surface area contributed by atoms with Gasteiger partial charge in [0.25, 0.3) is 0 Å². The van der Waals surface area contributed by atoms with Gasteiger partial charge in [0.15, 0.2) is 5.78 Å². The monoisotopic (exact) mass is 289 g/mol. The van der Waals surface area contributed by atoms with Crippen molar-refractivity contribution in [1.82, 2.24) is 4.98 Å².